The fourth-order valence-electron chi connectivity index (χ4n) is 3.62. The average Bonchev–Trinajstić information content (AvgIpc) is 3.13. The maximum Gasteiger partial charge on any atom is 0.282 e. The zero-order chi connectivity index (χ0) is 20.7. The van der Waals surface area contributed by atoms with E-state index in [2.05, 4.69) is 38.8 Å². The van der Waals surface area contributed by atoms with Crippen molar-refractivity contribution in [2.24, 2.45) is 5.10 Å². The Labute approximate surface area is 169 Å². The van der Waals surface area contributed by atoms with E-state index in [0.29, 0.717) is 11.1 Å². The highest BCUT2D eigenvalue weighted by Crippen LogP contribution is 2.24. The molecule has 4 rings (SSSR count). The topological polar surface area (TPSA) is 57.9 Å². The minimum absolute atomic E-state index is 0.390. The van der Waals surface area contributed by atoms with E-state index < -0.39 is 11.8 Å². The molecule has 0 N–H and O–H groups in total. The predicted molar refractivity (Wildman–Crippen MR) is 114 cm³/mol. The van der Waals surface area contributed by atoms with Gasteiger partial charge in [0.2, 0.25) is 0 Å². The van der Waals surface area contributed by atoms with Crippen LogP contribution in [0.5, 0.6) is 0 Å². The Morgan fingerprint density at radius 1 is 0.897 bits per heavy atom. The van der Waals surface area contributed by atoms with E-state index in [9.17, 15) is 9.59 Å². The van der Waals surface area contributed by atoms with E-state index in [1.165, 1.54) is 0 Å². The van der Waals surface area contributed by atoms with E-state index in [4.69, 9.17) is 0 Å². The van der Waals surface area contributed by atoms with Gasteiger partial charge in [0.25, 0.3) is 11.8 Å². The summed E-state index contributed by atoms with van der Waals surface area (Å²) in [5, 5.41) is 5.14. The van der Waals surface area contributed by atoms with Crippen LogP contribution in [0.25, 0.3) is 5.69 Å². The molecule has 0 unspecified atom stereocenters. The fourth-order valence-corrected chi connectivity index (χ4v) is 3.62. The molecule has 2 amide bonds. The zero-order valence-corrected chi connectivity index (χ0v) is 16.9. The number of hydrogen-bond donors (Lipinski definition) is 0. The van der Waals surface area contributed by atoms with Gasteiger partial charge in [0.05, 0.1) is 17.3 Å². The van der Waals surface area contributed by atoms with Gasteiger partial charge >= 0.3 is 0 Å². The lowest BCUT2D eigenvalue weighted by Crippen LogP contribution is -2.24. The van der Waals surface area contributed by atoms with Crippen molar-refractivity contribution in [2.45, 2.75) is 13.8 Å². The Bertz CT molecular complexity index is 1110. The van der Waals surface area contributed by atoms with Crippen LogP contribution in [0.2, 0.25) is 0 Å². The molecular formula is C23H22N4O2. The Morgan fingerprint density at radius 2 is 1.48 bits per heavy atom. The van der Waals surface area contributed by atoms with Crippen LogP contribution in [0.1, 0.15) is 37.7 Å². The summed E-state index contributed by atoms with van der Waals surface area (Å²) in [6, 6.07) is 17.1. The molecule has 0 radical (unpaired) electrons. The van der Waals surface area contributed by atoms with Crippen molar-refractivity contribution in [3.05, 3.63) is 82.7 Å². The van der Waals surface area contributed by atoms with Gasteiger partial charge in [0, 0.05) is 42.4 Å². The van der Waals surface area contributed by atoms with Gasteiger partial charge in [-0.05, 0) is 56.3 Å². The van der Waals surface area contributed by atoms with E-state index in [1.807, 2.05) is 34.0 Å². The number of carbonyl (C=O) groups excluding carboxylic acids is 2. The number of hydrogen-bond acceptors (Lipinski definition) is 4. The maximum atomic E-state index is 12.5. The lowest BCUT2D eigenvalue weighted by Gasteiger charge is -2.14. The molecule has 0 aliphatic carbocycles. The summed E-state index contributed by atoms with van der Waals surface area (Å²) >= 11 is 0. The molecule has 1 aliphatic rings. The first-order chi connectivity index (χ1) is 13.9. The molecule has 0 saturated heterocycles. The van der Waals surface area contributed by atoms with E-state index in [0.717, 1.165) is 33.3 Å². The minimum atomic E-state index is -0.394. The summed E-state index contributed by atoms with van der Waals surface area (Å²) in [7, 11) is 4.02. The first kappa shape index (κ1) is 18.7. The molecule has 1 aliphatic heterocycles. The zero-order valence-electron chi connectivity index (χ0n) is 16.9. The number of anilines is 1. The Hall–Kier alpha value is -3.67. The van der Waals surface area contributed by atoms with Crippen LogP contribution in [-0.4, -0.2) is 41.7 Å². The molecule has 0 spiro atoms. The summed E-state index contributed by atoms with van der Waals surface area (Å²) in [6.45, 7) is 4.02. The molecule has 0 saturated carbocycles. The predicted octanol–water partition coefficient (Wildman–Crippen LogP) is 3.79. The first-order valence-corrected chi connectivity index (χ1v) is 9.37. The van der Waals surface area contributed by atoms with Crippen LogP contribution < -0.4 is 4.90 Å². The van der Waals surface area contributed by atoms with E-state index in [-0.39, 0.29) is 0 Å². The normalized spacial score (nSPS) is 13.4. The average molecular weight is 386 g/mol. The number of nitrogens with zero attached hydrogens (tertiary/aromatic N) is 4. The number of rotatable bonds is 4. The summed E-state index contributed by atoms with van der Waals surface area (Å²) in [6.07, 6.45) is 1.58. The van der Waals surface area contributed by atoms with Gasteiger partial charge in [0.15, 0.2) is 0 Å². The highest BCUT2D eigenvalue weighted by molar-refractivity contribution is 6.21. The molecule has 0 atom stereocenters. The highest BCUT2D eigenvalue weighted by atomic mass is 16.2. The number of aryl methyl sites for hydroxylation is 1. The van der Waals surface area contributed by atoms with Gasteiger partial charge < -0.3 is 9.47 Å². The highest BCUT2D eigenvalue weighted by Gasteiger charge is 2.35. The second kappa shape index (κ2) is 7.05. The van der Waals surface area contributed by atoms with Gasteiger partial charge in [-0.3, -0.25) is 9.59 Å². The summed E-state index contributed by atoms with van der Waals surface area (Å²) < 4.78 is 2.13. The van der Waals surface area contributed by atoms with Crippen LogP contribution in [-0.2, 0) is 0 Å². The van der Waals surface area contributed by atoms with E-state index in [1.54, 1.807) is 30.5 Å². The number of benzene rings is 2. The van der Waals surface area contributed by atoms with Crippen molar-refractivity contribution in [1.29, 1.82) is 0 Å². The molecule has 29 heavy (non-hydrogen) atoms. The first-order valence-electron chi connectivity index (χ1n) is 9.37. The number of amides is 2. The smallest absolute Gasteiger partial charge is 0.282 e. The van der Waals surface area contributed by atoms with Gasteiger partial charge in [-0.2, -0.15) is 10.1 Å². The third-order valence-corrected chi connectivity index (χ3v) is 5.18. The van der Waals surface area contributed by atoms with Crippen molar-refractivity contribution >= 4 is 23.7 Å². The van der Waals surface area contributed by atoms with Gasteiger partial charge in [0.1, 0.15) is 0 Å². The molecule has 1 aromatic heterocycles. The van der Waals surface area contributed by atoms with Crippen molar-refractivity contribution in [3.63, 3.8) is 0 Å². The lowest BCUT2D eigenvalue weighted by atomic mass is 10.1. The summed E-state index contributed by atoms with van der Waals surface area (Å²) in [5.41, 5.74) is 5.84. The van der Waals surface area contributed by atoms with E-state index >= 15 is 0 Å². The SMILES string of the molecule is Cc1cc(/C=N\N2C(=O)c3ccccc3C2=O)c(C)n1-c1ccc(N(C)C)cc1. The van der Waals surface area contributed by atoms with Crippen LogP contribution >= 0.6 is 0 Å². The molecule has 0 fully saturated rings. The standard InChI is InChI=1S/C23H22N4O2/c1-15-13-17(16(2)26(15)19-11-9-18(10-12-19)25(3)4)14-24-27-22(28)20-7-5-6-8-21(20)23(27)29/h5-14H,1-4H3/b24-14-. The Morgan fingerprint density at radius 3 is 2.03 bits per heavy atom. The monoisotopic (exact) mass is 386 g/mol. The van der Waals surface area contributed by atoms with Gasteiger partial charge in [-0.25, -0.2) is 0 Å². The number of fused-ring (bicyclic) bond motifs is 1. The fraction of sp³-hybridized carbons (Fsp3) is 0.174. The maximum absolute atomic E-state index is 12.5. The molecule has 3 aromatic rings. The Kier molecular flexibility index (Phi) is 4.54. The van der Waals surface area contributed by atoms with Crippen molar-refractivity contribution < 1.29 is 9.59 Å². The second-order valence-electron chi connectivity index (χ2n) is 7.28. The van der Waals surface area contributed by atoms with Crippen molar-refractivity contribution in [2.75, 3.05) is 19.0 Å². The number of imide groups is 1. The molecule has 6 nitrogen and oxygen atoms in total. The minimum Gasteiger partial charge on any atom is -0.378 e. The largest absolute Gasteiger partial charge is 0.378 e. The summed E-state index contributed by atoms with van der Waals surface area (Å²) in [4.78, 5) is 27.0. The van der Waals surface area contributed by atoms with Crippen molar-refractivity contribution in [1.82, 2.24) is 9.58 Å². The quantitative estimate of drug-likeness (QED) is 0.506. The lowest BCUT2D eigenvalue weighted by molar-refractivity contribution is 0.0660. The molecule has 2 heterocycles. The van der Waals surface area contributed by atoms with Gasteiger partial charge in [-0.1, -0.05) is 12.1 Å². The van der Waals surface area contributed by atoms with Crippen LogP contribution in [0, 0.1) is 13.8 Å². The molecular weight excluding hydrogens is 364 g/mol. The molecule has 0 bridgehead atoms. The van der Waals surface area contributed by atoms with Crippen LogP contribution in [0.3, 0.4) is 0 Å². The van der Waals surface area contributed by atoms with Gasteiger partial charge in [-0.15, -0.1) is 0 Å². The third kappa shape index (κ3) is 3.12. The Balaban J connectivity index is 1.64. The number of aromatic nitrogens is 1. The molecule has 2 aromatic carbocycles. The van der Waals surface area contributed by atoms with Crippen molar-refractivity contribution in [3.8, 4) is 5.69 Å². The number of carbonyl (C=O) groups is 2. The molecule has 146 valence electrons. The van der Waals surface area contributed by atoms with Crippen LogP contribution in [0.15, 0.2) is 59.7 Å². The number of hydrazone groups is 1. The van der Waals surface area contributed by atoms with Crippen LogP contribution in [0.4, 0.5) is 5.69 Å². The summed E-state index contributed by atoms with van der Waals surface area (Å²) in [5.74, 6) is -0.787. The second-order valence-corrected chi connectivity index (χ2v) is 7.28. The third-order valence-electron chi connectivity index (χ3n) is 5.18. The molecule has 6 heteroatoms.